The van der Waals surface area contributed by atoms with E-state index in [0.717, 1.165) is 19.5 Å². The summed E-state index contributed by atoms with van der Waals surface area (Å²) in [6, 6.07) is 0. The fraction of sp³-hybridized carbons (Fsp3) is 0.714. The Bertz CT molecular complexity index is 80.9. The largest absolute Gasteiger partial charge is 0.329 e. The van der Waals surface area contributed by atoms with Crippen molar-refractivity contribution in [1.29, 1.82) is 0 Å². The molecule has 0 aliphatic carbocycles. The molecule has 0 spiro atoms. The fourth-order valence-corrected chi connectivity index (χ4v) is 0.495. The summed E-state index contributed by atoms with van der Waals surface area (Å²) >= 11 is 0. The minimum atomic E-state index is 0.935. The highest BCUT2D eigenvalue weighted by molar-refractivity contribution is 4.75. The van der Waals surface area contributed by atoms with Gasteiger partial charge in [-0.05, 0) is 13.5 Å². The number of hydrazine groups is 1. The van der Waals surface area contributed by atoms with Crippen molar-refractivity contribution in [3.63, 3.8) is 0 Å². The second kappa shape index (κ2) is 8.46. The molecule has 0 amide bonds. The minimum absolute atomic E-state index is 0.935. The van der Waals surface area contributed by atoms with Gasteiger partial charge in [-0.15, -0.1) is 0 Å². The van der Waals surface area contributed by atoms with E-state index < -0.39 is 0 Å². The summed E-state index contributed by atoms with van der Waals surface area (Å²) in [6.07, 6.45) is 5.04. The van der Waals surface area contributed by atoms with Crippen LogP contribution in [0.1, 0.15) is 13.3 Å². The molecule has 0 bridgehead atoms. The highest BCUT2D eigenvalue weighted by Crippen LogP contribution is 1.72. The average molecular weight is 143 g/mol. The van der Waals surface area contributed by atoms with Crippen LogP contribution in [0.5, 0.6) is 0 Å². The molecule has 60 valence electrons. The summed E-state index contributed by atoms with van der Waals surface area (Å²) < 4.78 is 0. The van der Waals surface area contributed by atoms with Crippen molar-refractivity contribution < 1.29 is 0 Å². The van der Waals surface area contributed by atoms with E-state index in [9.17, 15) is 0 Å². The Balaban J connectivity index is 2.83. The molecule has 0 rings (SSSR count). The average Bonchev–Trinajstić information content (AvgIpc) is 1.97. The maximum Gasteiger partial charge on any atom is 0.0273 e. The first-order valence-electron chi connectivity index (χ1n) is 3.69. The lowest BCUT2D eigenvalue weighted by molar-refractivity contribution is 0.601. The van der Waals surface area contributed by atoms with Crippen LogP contribution in [0.25, 0.3) is 0 Å². The van der Waals surface area contributed by atoms with Gasteiger partial charge in [0.15, 0.2) is 0 Å². The number of hydrogen-bond acceptors (Lipinski definition) is 3. The zero-order chi connectivity index (χ0) is 7.66. The topological polar surface area (TPSA) is 36.1 Å². The van der Waals surface area contributed by atoms with Crippen LogP contribution in [0.3, 0.4) is 0 Å². The molecule has 0 heterocycles. The minimum Gasteiger partial charge on any atom is -0.329 e. The van der Waals surface area contributed by atoms with E-state index in [1.807, 2.05) is 13.2 Å². The molecule has 10 heavy (non-hydrogen) atoms. The van der Waals surface area contributed by atoms with Gasteiger partial charge in [-0.1, -0.05) is 13.0 Å². The van der Waals surface area contributed by atoms with Crippen molar-refractivity contribution in [1.82, 2.24) is 16.2 Å². The van der Waals surface area contributed by atoms with Gasteiger partial charge in [-0.3, -0.25) is 0 Å². The SMILES string of the molecule is CC/C=C/NNCCNC. The van der Waals surface area contributed by atoms with E-state index in [2.05, 4.69) is 29.2 Å². The molecule has 0 atom stereocenters. The van der Waals surface area contributed by atoms with E-state index >= 15 is 0 Å². The van der Waals surface area contributed by atoms with Gasteiger partial charge in [0.25, 0.3) is 0 Å². The van der Waals surface area contributed by atoms with Crippen LogP contribution < -0.4 is 16.2 Å². The molecular weight excluding hydrogens is 126 g/mol. The third-order valence-corrected chi connectivity index (χ3v) is 1.04. The molecule has 3 N–H and O–H groups in total. The van der Waals surface area contributed by atoms with Crippen LogP contribution in [-0.4, -0.2) is 20.1 Å². The first-order valence-corrected chi connectivity index (χ1v) is 3.69. The highest BCUT2D eigenvalue weighted by Gasteiger charge is 1.77. The van der Waals surface area contributed by atoms with Crippen LogP contribution in [0.4, 0.5) is 0 Å². The quantitative estimate of drug-likeness (QED) is 0.368. The zero-order valence-electron chi connectivity index (χ0n) is 6.78. The predicted molar refractivity (Wildman–Crippen MR) is 44.5 cm³/mol. The van der Waals surface area contributed by atoms with Gasteiger partial charge in [0.2, 0.25) is 0 Å². The van der Waals surface area contributed by atoms with Gasteiger partial charge in [0, 0.05) is 19.3 Å². The Kier molecular flexibility index (Phi) is 8.00. The third-order valence-electron chi connectivity index (χ3n) is 1.04. The van der Waals surface area contributed by atoms with Crippen LogP contribution in [0, 0.1) is 0 Å². The van der Waals surface area contributed by atoms with Crippen molar-refractivity contribution in [2.45, 2.75) is 13.3 Å². The van der Waals surface area contributed by atoms with Gasteiger partial charge in [-0.2, -0.15) is 0 Å². The van der Waals surface area contributed by atoms with Gasteiger partial charge < -0.3 is 10.7 Å². The van der Waals surface area contributed by atoms with E-state index in [1.165, 1.54) is 0 Å². The number of rotatable bonds is 6. The van der Waals surface area contributed by atoms with Crippen LogP contribution in [0.15, 0.2) is 12.3 Å². The number of hydrogen-bond donors (Lipinski definition) is 3. The van der Waals surface area contributed by atoms with Crippen molar-refractivity contribution >= 4 is 0 Å². The van der Waals surface area contributed by atoms with E-state index in [0.29, 0.717) is 0 Å². The fourth-order valence-electron chi connectivity index (χ4n) is 0.495. The Morgan fingerprint density at radius 1 is 1.30 bits per heavy atom. The maximum atomic E-state index is 3.03. The molecule has 3 nitrogen and oxygen atoms in total. The maximum absolute atomic E-state index is 3.03. The predicted octanol–water partition coefficient (Wildman–Crippen LogP) is 0.224. The smallest absolute Gasteiger partial charge is 0.0273 e. The highest BCUT2D eigenvalue weighted by atomic mass is 15.3. The molecule has 3 heteroatoms. The second-order valence-corrected chi connectivity index (χ2v) is 1.99. The Labute approximate surface area is 62.9 Å². The van der Waals surface area contributed by atoms with Crippen LogP contribution >= 0.6 is 0 Å². The van der Waals surface area contributed by atoms with Crippen molar-refractivity contribution in [2.75, 3.05) is 20.1 Å². The third kappa shape index (κ3) is 7.46. The summed E-state index contributed by atoms with van der Waals surface area (Å²) in [6.45, 7) is 4.02. The lowest BCUT2D eigenvalue weighted by atomic mass is 10.5. The van der Waals surface area contributed by atoms with Crippen molar-refractivity contribution in [2.24, 2.45) is 0 Å². The number of nitrogens with one attached hydrogen (secondary N) is 3. The summed E-state index contributed by atoms with van der Waals surface area (Å²) in [7, 11) is 1.93. The molecular formula is C7H17N3. The van der Waals surface area contributed by atoms with E-state index in [1.54, 1.807) is 0 Å². The summed E-state index contributed by atoms with van der Waals surface area (Å²) in [5, 5.41) is 3.03. The molecule has 0 saturated heterocycles. The standard InChI is InChI=1S/C7H17N3/c1-3-4-5-9-10-7-6-8-2/h4-5,8-10H,3,6-7H2,1-2H3/b5-4+. The summed E-state index contributed by atoms with van der Waals surface area (Å²) in [4.78, 5) is 0. The first-order chi connectivity index (χ1) is 4.91. The van der Waals surface area contributed by atoms with Crippen molar-refractivity contribution in [3.05, 3.63) is 12.3 Å². The molecule has 0 unspecified atom stereocenters. The normalized spacial score (nSPS) is 10.6. The zero-order valence-corrected chi connectivity index (χ0v) is 6.78. The first kappa shape index (κ1) is 9.46. The van der Waals surface area contributed by atoms with Gasteiger partial charge in [0.1, 0.15) is 0 Å². The van der Waals surface area contributed by atoms with Gasteiger partial charge >= 0.3 is 0 Å². The second-order valence-electron chi connectivity index (χ2n) is 1.99. The van der Waals surface area contributed by atoms with Crippen LogP contribution in [-0.2, 0) is 0 Å². The molecule has 0 saturated carbocycles. The Morgan fingerprint density at radius 2 is 2.10 bits per heavy atom. The number of likely N-dealkylation sites (N-methyl/N-ethyl adjacent to an activating group) is 1. The molecule has 0 aromatic carbocycles. The molecule has 0 aromatic rings. The molecule has 0 aliphatic heterocycles. The molecule has 0 radical (unpaired) electrons. The summed E-state index contributed by atoms with van der Waals surface area (Å²) in [5.41, 5.74) is 5.97. The lowest BCUT2D eigenvalue weighted by Gasteiger charge is -2.01. The summed E-state index contributed by atoms with van der Waals surface area (Å²) in [5.74, 6) is 0. The molecule has 0 aliphatic rings. The lowest BCUT2D eigenvalue weighted by Crippen LogP contribution is -2.32. The Hall–Kier alpha value is -0.540. The molecule has 0 fully saturated rings. The molecule has 0 aromatic heterocycles. The van der Waals surface area contributed by atoms with Gasteiger partial charge in [0.05, 0.1) is 0 Å². The van der Waals surface area contributed by atoms with E-state index in [4.69, 9.17) is 0 Å². The number of allylic oxidation sites excluding steroid dienone is 1. The van der Waals surface area contributed by atoms with Gasteiger partial charge in [-0.25, -0.2) is 5.43 Å². The van der Waals surface area contributed by atoms with E-state index in [-0.39, 0.29) is 0 Å². The van der Waals surface area contributed by atoms with Crippen LogP contribution in [0.2, 0.25) is 0 Å². The van der Waals surface area contributed by atoms with Crippen molar-refractivity contribution in [3.8, 4) is 0 Å². The Morgan fingerprint density at radius 3 is 2.70 bits per heavy atom. The monoisotopic (exact) mass is 143 g/mol.